The van der Waals surface area contributed by atoms with Crippen molar-refractivity contribution in [2.45, 2.75) is 53.0 Å². The van der Waals surface area contributed by atoms with E-state index in [0.717, 1.165) is 36.0 Å². The van der Waals surface area contributed by atoms with E-state index in [1.54, 1.807) is 0 Å². The summed E-state index contributed by atoms with van der Waals surface area (Å²) in [7, 11) is 1.94. The lowest BCUT2D eigenvalue weighted by atomic mass is 10.0. The van der Waals surface area contributed by atoms with Gasteiger partial charge in [-0.3, -0.25) is 4.68 Å². The Hall–Kier alpha value is -1.19. The van der Waals surface area contributed by atoms with Crippen molar-refractivity contribution in [2.24, 2.45) is 13.0 Å². The number of rotatable bonds is 6. The maximum Gasteiger partial charge on any atom is 0.147 e. The fourth-order valence-electron chi connectivity index (χ4n) is 1.92. The number of hydrogen-bond donors (Lipinski definition) is 2. The first kappa shape index (κ1) is 13.9. The molecular weight excluding hydrogens is 212 g/mol. The Morgan fingerprint density at radius 3 is 2.41 bits per heavy atom. The van der Waals surface area contributed by atoms with E-state index >= 15 is 0 Å². The summed E-state index contributed by atoms with van der Waals surface area (Å²) in [5.74, 6) is 1.70. The summed E-state index contributed by atoms with van der Waals surface area (Å²) in [4.78, 5) is 0. The molecule has 0 fully saturated rings. The van der Waals surface area contributed by atoms with Crippen LogP contribution in [-0.4, -0.2) is 15.8 Å². The Morgan fingerprint density at radius 1 is 1.29 bits per heavy atom. The predicted octanol–water partition coefficient (Wildman–Crippen LogP) is 2.80. The van der Waals surface area contributed by atoms with Gasteiger partial charge in [0.05, 0.1) is 11.4 Å². The van der Waals surface area contributed by atoms with E-state index in [4.69, 9.17) is 5.73 Å². The highest BCUT2D eigenvalue weighted by atomic mass is 15.3. The third-order valence-electron chi connectivity index (χ3n) is 3.06. The molecular formula is C13H26N4. The van der Waals surface area contributed by atoms with Crippen molar-refractivity contribution >= 4 is 11.5 Å². The van der Waals surface area contributed by atoms with Crippen molar-refractivity contribution in [2.75, 3.05) is 11.1 Å². The third-order valence-corrected chi connectivity index (χ3v) is 3.06. The van der Waals surface area contributed by atoms with Gasteiger partial charge >= 0.3 is 0 Å². The summed E-state index contributed by atoms with van der Waals surface area (Å²) in [6.45, 7) is 8.77. The lowest BCUT2D eigenvalue weighted by Crippen LogP contribution is -2.18. The molecule has 3 N–H and O–H groups in total. The molecule has 98 valence electrons. The molecule has 1 unspecified atom stereocenters. The minimum Gasteiger partial charge on any atom is -0.394 e. The van der Waals surface area contributed by atoms with Crippen LogP contribution in [0.3, 0.4) is 0 Å². The second kappa shape index (κ2) is 5.94. The maximum absolute atomic E-state index is 6.07. The number of anilines is 2. The number of aryl methyl sites for hydroxylation is 2. The lowest BCUT2D eigenvalue weighted by molar-refractivity contribution is 0.525. The third kappa shape index (κ3) is 3.65. The van der Waals surface area contributed by atoms with Gasteiger partial charge in [0.2, 0.25) is 0 Å². The molecule has 0 bridgehead atoms. The van der Waals surface area contributed by atoms with Gasteiger partial charge < -0.3 is 11.1 Å². The first-order chi connectivity index (χ1) is 7.95. The minimum absolute atomic E-state index is 0.430. The molecule has 0 spiro atoms. The normalized spacial score (nSPS) is 13.1. The van der Waals surface area contributed by atoms with Gasteiger partial charge in [0.25, 0.3) is 0 Å². The first-order valence-electron chi connectivity index (χ1n) is 6.53. The zero-order chi connectivity index (χ0) is 13.0. The van der Waals surface area contributed by atoms with E-state index in [-0.39, 0.29) is 0 Å². The molecule has 0 amide bonds. The van der Waals surface area contributed by atoms with E-state index in [2.05, 4.69) is 38.1 Å². The van der Waals surface area contributed by atoms with Crippen LogP contribution in [0.15, 0.2) is 0 Å². The maximum atomic E-state index is 6.07. The largest absolute Gasteiger partial charge is 0.394 e. The SMILES string of the molecule is CCc1nn(C)c(NC(C)CCC(C)C)c1N. The summed E-state index contributed by atoms with van der Waals surface area (Å²) >= 11 is 0. The predicted molar refractivity (Wildman–Crippen MR) is 74.2 cm³/mol. The molecule has 1 atom stereocenters. The average Bonchev–Trinajstić information content (AvgIpc) is 2.53. The van der Waals surface area contributed by atoms with Crippen LogP contribution in [0.25, 0.3) is 0 Å². The molecule has 0 aliphatic heterocycles. The van der Waals surface area contributed by atoms with Crippen molar-refractivity contribution in [3.8, 4) is 0 Å². The number of nitrogens with zero attached hydrogens (tertiary/aromatic N) is 2. The number of nitrogens with two attached hydrogens (primary N) is 1. The fraction of sp³-hybridized carbons (Fsp3) is 0.769. The van der Waals surface area contributed by atoms with Crippen molar-refractivity contribution in [1.29, 1.82) is 0 Å². The van der Waals surface area contributed by atoms with Gasteiger partial charge in [-0.1, -0.05) is 20.8 Å². The molecule has 1 aromatic heterocycles. The quantitative estimate of drug-likeness (QED) is 0.801. The van der Waals surface area contributed by atoms with Gasteiger partial charge in [-0.05, 0) is 32.1 Å². The summed E-state index contributed by atoms with van der Waals surface area (Å²) in [5.41, 5.74) is 7.85. The van der Waals surface area contributed by atoms with Gasteiger partial charge in [0.15, 0.2) is 0 Å². The van der Waals surface area contributed by atoms with Crippen LogP contribution < -0.4 is 11.1 Å². The molecule has 1 rings (SSSR count). The van der Waals surface area contributed by atoms with Crippen molar-refractivity contribution in [3.63, 3.8) is 0 Å². The molecule has 1 heterocycles. The number of nitrogen functional groups attached to an aromatic ring is 1. The molecule has 1 aromatic rings. The molecule has 0 radical (unpaired) electrons. The zero-order valence-electron chi connectivity index (χ0n) is 11.7. The van der Waals surface area contributed by atoms with Crippen LogP contribution in [0.4, 0.5) is 11.5 Å². The van der Waals surface area contributed by atoms with Crippen molar-refractivity contribution < 1.29 is 0 Å². The minimum atomic E-state index is 0.430. The van der Waals surface area contributed by atoms with E-state index in [1.807, 2.05) is 11.7 Å². The molecule has 0 aliphatic rings. The Bertz CT molecular complexity index is 355. The number of aromatic nitrogens is 2. The summed E-state index contributed by atoms with van der Waals surface area (Å²) in [6, 6.07) is 0.430. The highest BCUT2D eigenvalue weighted by molar-refractivity contribution is 5.65. The topological polar surface area (TPSA) is 55.9 Å². The van der Waals surface area contributed by atoms with Gasteiger partial charge in [-0.2, -0.15) is 5.10 Å². The second-order valence-electron chi connectivity index (χ2n) is 5.20. The smallest absolute Gasteiger partial charge is 0.147 e. The van der Waals surface area contributed by atoms with Crippen LogP contribution in [0.1, 0.15) is 46.2 Å². The highest BCUT2D eigenvalue weighted by Gasteiger charge is 2.13. The van der Waals surface area contributed by atoms with Gasteiger partial charge in [0.1, 0.15) is 5.82 Å². The lowest BCUT2D eigenvalue weighted by Gasteiger charge is -2.16. The Kier molecular flexibility index (Phi) is 4.85. The second-order valence-corrected chi connectivity index (χ2v) is 5.20. The van der Waals surface area contributed by atoms with Crippen molar-refractivity contribution in [1.82, 2.24) is 9.78 Å². The van der Waals surface area contributed by atoms with Gasteiger partial charge in [-0.25, -0.2) is 0 Å². The standard InChI is InChI=1S/C13H26N4/c1-6-11-12(14)13(17(5)16-11)15-10(4)8-7-9(2)3/h9-10,15H,6-8,14H2,1-5H3. The first-order valence-corrected chi connectivity index (χ1v) is 6.53. The zero-order valence-corrected chi connectivity index (χ0v) is 11.7. The van der Waals surface area contributed by atoms with E-state index in [9.17, 15) is 0 Å². The molecule has 0 saturated carbocycles. The van der Waals surface area contributed by atoms with Crippen LogP contribution in [0.2, 0.25) is 0 Å². The van der Waals surface area contributed by atoms with Crippen LogP contribution >= 0.6 is 0 Å². The van der Waals surface area contributed by atoms with Crippen LogP contribution in [-0.2, 0) is 13.5 Å². The van der Waals surface area contributed by atoms with Gasteiger partial charge in [-0.15, -0.1) is 0 Å². The molecule has 17 heavy (non-hydrogen) atoms. The Morgan fingerprint density at radius 2 is 1.94 bits per heavy atom. The summed E-state index contributed by atoms with van der Waals surface area (Å²) in [5, 5.41) is 7.87. The number of nitrogens with one attached hydrogen (secondary N) is 1. The van der Waals surface area contributed by atoms with E-state index in [0.29, 0.717) is 6.04 Å². The number of hydrogen-bond acceptors (Lipinski definition) is 3. The highest BCUT2D eigenvalue weighted by Crippen LogP contribution is 2.23. The van der Waals surface area contributed by atoms with E-state index < -0.39 is 0 Å². The molecule has 4 heteroatoms. The monoisotopic (exact) mass is 238 g/mol. The van der Waals surface area contributed by atoms with Crippen LogP contribution in [0, 0.1) is 5.92 Å². The van der Waals surface area contributed by atoms with E-state index in [1.165, 1.54) is 6.42 Å². The average molecular weight is 238 g/mol. The fourth-order valence-corrected chi connectivity index (χ4v) is 1.92. The molecule has 0 saturated heterocycles. The van der Waals surface area contributed by atoms with Crippen LogP contribution in [0.5, 0.6) is 0 Å². The molecule has 0 aromatic carbocycles. The summed E-state index contributed by atoms with van der Waals surface area (Å²) in [6.07, 6.45) is 3.26. The van der Waals surface area contributed by atoms with Gasteiger partial charge in [0, 0.05) is 13.1 Å². The summed E-state index contributed by atoms with van der Waals surface area (Å²) < 4.78 is 1.85. The molecule has 0 aliphatic carbocycles. The Labute approximate surface area is 105 Å². The van der Waals surface area contributed by atoms with Crippen molar-refractivity contribution in [3.05, 3.63) is 5.69 Å². The molecule has 4 nitrogen and oxygen atoms in total. The Balaban J connectivity index is 2.64.